The molecule has 314 valence electrons. The summed E-state index contributed by atoms with van der Waals surface area (Å²) in [6, 6.07) is 37.9. The first-order valence-corrected chi connectivity index (χ1v) is 20.6. The van der Waals surface area contributed by atoms with E-state index in [2.05, 4.69) is 26.6 Å². The van der Waals surface area contributed by atoms with E-state index in [1.165, 1.54) is 0 Å². The lowest BCUT2D eigenvalue weighted by molar-refractivity contribution is -0.142. The maximum absolute atomic E-state index is 14.5. The van der Waals surface area contributed by atoms with E-state index in [1.807, 2.05) is 91.0 Å². The minimum atomic E-state index is -1.29. The first-order valence-electron chi connectivity index (χ1n) is 20.6. The highest BCUT2D eigenvalue weighted by Crippen LogP contribution is 2.20. The molecule has 5 aromatic rings. The second kappa shape index (κ2) is 21.8. The van der Waals surface area contributed by atoms with Crippen molar-refractivity contribution in [2.75, 3.05) is 6.54 Å². The molecule has 0 saturated carbocycles. The Hall–Kier alpha value is -7.08. The van der Waals surface area contributed by atoms with E-state index in [0.29, 0.717) is 18.4 Å². The summed E-state index contributed by atoms with van der Waals surface area (Å²) in [5, 5.41) is 24.2. The van der Waals surface area contributed by atoms with Crippen LogP contribution in [0.15, 0.2) is 140 Å². The number of fused-ring (bicyclic) bond motifs is 20. The van der Waals surface area contributed by atoms with Gasteiger partial charge in [0.15, 0.2) is 0 Å². The molecule has 0 fully saturated rings. The van der Waals surface area contributed by atoms with Crippen LogP contribution >= 0.6 is 0 Å². The van der Waals surface area contributed by atoms with Gasteiger partial charge in [-0.15, -0.1) is 0 Å². The fraction of sp³-hybridized carbons (Fsp3) is 0.265. The number of hydrogen-bond donors (Lipinski definition) is 6. The molecule has 6 N–H and O–H groups in total. The van der Waals surface area contributed by atoms with Gasteiger partial charge in [-0.3, -0.25) is 24.0 Å². The molecule has 5 amide bonds. The molecule has 2 heterocycles. The lowest BCUT2D eigenvalue weighted by atomic mass is 9.98. The van der Waals surface area contributed by atoms with Crippen LogP contribution in [0, 0.1) is 0 Å². The van der Waals surface area contributed by atoms with E-state index in [4.69, 9.17) is 0 Å². The van der Waals surface area contributed by atoms with E-state index in [0.717, 1.165) is 33.4 Å². The average molecular weight is 822 g/mol. The van der Waals surface area contributed by atoms with Gasteiger partial charge >= 0.3 is 5.97 Å². The normalized spacial score (nSPS) is 19.7. The smallest absolute Gasteiger partial charge is 0.326 e. The molecule has 4 atom stereocenters. The fourth-order valence-electron chi connectivity index (χ4n) is 7.22. The van der Waals surface area contributed by atoms with Gasteiger partial charge in [0, 0.05) is 31.4 Å². The lowest BCUT2D eigenvalue weighted by Gasteiger charge is -2.26. The second-order valence-electron chi connectivity index (χ2n) is 15.2. The third kappa shape index (κ3) is 13.2. The van der Waals surface area contributed by atoms with Crippen LogP contribution in [0.1, 0.15) is 58.3 Å². The Bertz CT molecular complexity index is 2250. The molecular formula is C49H51N5O7. The summed E-state index contributed by atoms with van der Waals surface area (Å²) < 4.78 is 0. The predicted molar refractivity (Wildman–Crippen MR) is 232 cm³/mol. The van der Waals surface area contributed by atoms with Gasteiger partial charge in [-0.05, 0) is 77.6 Å². The molecule has 2 aliphatic heterocycles. The minimum Gasteiger partial charge on any atom is -0.480 e. The standard InChI is InChI=1S/C49H51N5O7/c55-44-17-10-30-50-45(56)39-26-18-34(19-27-39)23-29-41(49(60)61)52-47(58)42(31-35-13-6-2-7-14-35)54-48(59)43(32-36-20-24-38(25-21-36)37-15-8-3-9-16-37)53-46(57)40(51-44)28-22-33-11-4-1-5-12-33/h1-9,11-16,18-21,24-27,40-43H,10,17,22-23,28-32H2,(H,50,56)(H,51,55)(H,52,58)(H,53,57)(H,54,59)(H,60,61). The van der Waals surface area contributed by atoms with Crippen LogP contribution in [0.5, 0.6) is 0 Å². The largest absolute Gasteiger partial charge is 0.480 e. The van der Waals surface area contributed by atoms with E-state index < -0.39 is 53.8 Å². The number of benzene rings is 5. The van der Waals surface area contributed by atoms with E-state index in [1.54, 1.807) is 48.5 Å². The number of aliphatic carboxylic acids is 1. The molecule has 5 aromatic carbocycles. The second-order valence-corrected chi connectivity index (χ2v) is 15.2. The summed E-state index contributed by atoms with van der Waals surface area (Å²) in [7, 11) is 0. The number of amides is 5. The molecule has 0 aromatic heterocycles. The molecule has 2 aliphatic rings. The number of rotatable bonds is 9. The molecule has 12 heteroatoms. The van der Waals surface area contributed by atoms with Crippen LogP contribution in [0.3, 0.4) is 0 Å². The average Bonchev–Trinajstić information content (AvgIpc) is 3.28. The number of carboxylic acids is 1. The summed E-state index contributed by atoms with van der Waals surface area (Å²) in [6.07, 6.45) is 1.44. The van der Waals surface area contributed by atoms with Crippen molar-refractivity contribution in [2.45, 2.75) is 75.5 Å². The van der Waals surface area contributed by atoms with Crippen LogP contribution in [0.25, 0.3) is 11.1 Å². The Kier molecular flexibility index (Phi) is 15.5. The van der Waals surface area contributed by atoms with Crippen molar-refractivity contribution >= 4 is 35.5 Å². The maximum atomic E-state index is 14.5. The summed E-state index contributed by atoms with van der Waals surface area (Å²) in [4.78, 5) is 81.6. The molecule has 61 heavy (non-hydrogen) atoms. The number of aryl methyl sites for hydroxylation is 2. The molecule has 2 bridgehead atoms. The van der Waals surface area contributed by atoms with Crippen molar-refractivity contribution in [1.82, 2.24) is 26.6 Å². The summed E-state index contributed by atoms with van der Waals surface area (Å²) in [5.74, 6) is -3.92. The third-order valence-electron chi connectivity index (χ3n) is 10.7. The Morgan fingerprint density at radius 2 is 1.03 bits per heavy atom. The highest BCUT2D eigenvalue weighted by atomic mass is 16.4. The van der Waals surface area contributed by atoms with E-state index >= 15 is 0 Å². The van der Waals surface area contributed by atoms with E-state index in [9.17, 15) is 33.9 Å². The fourth-order valence-corrected chi connectivity index (χ4v) is 7.22. The molecule has 0 spiro atoms. The van der Waals surface area contributed by atoms with Crippen LogP contribution in [0.4, 0.5) is 0 Å². The predicted octanol–water partition coefficient (Wildman–Crippen LogP) is 4.95. The van der Waals surface area contributed by atoms with Gasteiger partial charge in [-0.25, -0.2) is 4.79 Å². The maximum Gasteiger partial charge on any atom is 0.326 e. The molecule has 4 unspecified atom stereocenters. The Morgan fingerprint density at radius 1 is 0.525 bits per heavy atom. The molecule has 0 radical (unpaired) electrons. The van der Waals surface area contributed by atoms with Gasteiger partial charge in [-0.1, -0.05) is 127 Å². The SMILES string of the molecule is O=C1CCCNC(=O)c2ccc(cc2)CCC(C(=O)O)NC(=O)C(Cc2ccccc2)NC(=O)C(Cc2ccc(-c3ccccc3)cc2)NC(=O)C(CCc2ccccc2)N1. The molecule has 0 saturated heterocycles. The van der Waals surface area contributed by atoms with Crippen LogP contribution in [-0.4, -0.2) is 71.3 Å². The van der Waals surface area contributed by atoms with Crippen molar-refractivity contribution in [3.63, 3.8) is 0 Å². The van der Waals surface area contributed by atoms with Crippen molar-refractivity contribution in [3.8, 4) is 11.1 Å². The van der Waals surface area contributed by atoms with Crippen LogP contribution in [-0.2, 0) is 49.7 Å². The van der Waals surface area contributed by atoms with E-state index in [-0.39, 0.29) is 51.0 Å². The monoisotopic (exact) mass is 821 g/mol. The van der Waals surface area contributed by atoms with Crippen LogP contribution < -0.4 is 26.6 Å². The molecule has 12 nitrogen and oxygen atoms in total. The number of hydrogen-bond acceptors (Lipinski definition) is 6. The minimum absolute atomic E-state index is 0.0348. The van der Waals surface area contributed by atoms with Crippen LogP contribution in [0.2, 0.25) is 0 Å². The summed E-state index contributed by atoms with van der Waals surface area (Å²) in [6.45, 7) is 0.213. The van der Waals surface area contributed by atoms with Gasteiger partial charge < -0.3 is 31.7 Å². The first kappa shape index (κ1) is 43.5. The number of nitrogens with one attached hydrogen (secondary N) is 5. The molecular weight excluding hydrogens is 771 g/mol. The Morgan fingerprint density at radius 3 is 1.64 bits per heavy atom. The van der Waals surface area contributed by atoms with Crippen molar-refractivity contribution in [2.24, 2.45) is 0 Å². The number of carboxylic acid groups (broad SMARTS) is 1. The van der Waals surface area contributed by atoms with Crippen molar-refractivity contribution in [1.29, 1.82) is 0 Å². The Balaban J connectivity index is 1.32. The molecule has 0 aliphatic carbocycles. The van der Waals surface area contributed by atoms with Gasteiger partial charge in [0.1, 0.15) is 24.2 Å². The highest BCUT2D eigenvalue weighted by molar-refractivity contribution is 5.96. The zero-order chi connectivity index (χ0) is 43.0. The first-order chi connectivity index (χ1) is 29.6. The molecule has 7 rings (SSSR count). The van der Waals surface area contributed by atoms with Gasteiger partial charge in [-0.2, -0.15) is 0 Å². The van der Waals surface area contributed by atoms with Gasteiger partial charge in [0.2, 0.25) is 23.6 Å². The number of carbonyl (C=O) groups is 6. The topological polar surface area (TPSA) is 183 Å². The van der Waals surface area contributed by atoms with Gasteiger partial charge in [0.05, 0.1) is 0 Å². The summed E-state index contributed by atoms with van der Waals surface area (Å²) in [5.41, 5.74) is 5.53. The number of carbonyl (C=O) groups excluding carboxylic acids is 5. The zero-order valence-electron chi connectivity index (χ0n) is 33.8. The lowest BCUT2D eigenvalue weighted by Crippen LogP contribution is -2.58. The third-order valence-corrected chi connectivity index (χ3v) is 10.7. The van der Waals surface area contributed by atoms with Gasteiger partial charge in [0.25, 0.3) is 5.91 Å². The summed E-state index contributed by atoms with van der Waals surface area (Å²) >= 11 is 0. The highest BCUT2D eigenvalue weighted by Gasteiger charge is 2.32. The zero-order valence-corrected chi connectivity index (χ0v) is 33.8. The quantitative estimate of drug-likeness (QED) is 0.114. The van der Waals surface area contributed by atoms with Crippen molar-refractivity contribution in [3.05, 3.63) is 167 Å². The van der Waals surface area contributed by atoms with Crippen molar-refractivity contribution < 1.29 is 33.9 Å². The Labute approximate surface area is 355 Å².